The van der Waals surface area contributed by atoms with Crippen molar-refractivity contribution in [3.63, 3.8) is 0 Å². The zero-order valence-electron chi connectivity index (χ0n) is 14.5. The summed E-state index contributed by atoms with van der Waals surface area (Å²) in [5.74, 6) is -0.0413. The number of carbonyl (C=O) groups is 2. The molecule has 0 heterocycles. The maximum absolute atomic E-state index is 12.9. The van der Waals surface area contributed by atoms with Crippen LogP contribution in [0.1, 0.15) is 28.8 Å². The minimum atomic E-state index is -0.168. The van der Waals surface area contributed by atoms with E-state index in [0.29, 0.717) is 29.4 Å². The molecule has 2 aromatic rings. The molecular formula is C21H21ClN2O2. The first kappa shape index (κ1) is 18.2. The molecule has 1 fully saturated rings. The number of amides is 2. The van der Waals surface area contributed by atoms with Crippen LogP contribution in [-0.4, -0.2) is 23.3 Å². The van der Waals surface area contributed by atoms with Crippen LogP contribution in [0.25, 0.3) is 0 Å². The number of carbonyl (C=O) groups excluding carboxylic acids is 2. The second-order valence-corrected chi connectivity index (χ2v) is 6.83. The Labute approximate surface area is 158 Å². The Morgan fingerprint density at radius 3 is 2.54 bits per heavy atom. The van der Waals surface area contributed by atoms with Gasteiger partial charge in [0.05, 0.1) is 10.6 Å². The highest BCUT2D eigenvalue weighted by Crippen LogP contribution is 2.31. The number of benzene rings is 2. The smallest absolute Gasteiger partial charge is 0.255 e. The van der Waals surface area contributed by atoms with Crippen molar-refractivity contribution in [3.05, 3.63) is 77.3 Å². The monoisotopic (exact) mass is 368 g/mol. The molecule has 5 heteroatoms. The lowest BCUT2D eigenvalue weighted by atomic mass is 10.1. The van der Waals surface area contributed by atoms with E-state index in [2.05, 4.69) is 11.9 Å². The molecule has 0 radical (unpaired) electrons. The number of halogens is 1. The Kier molecular flexibility index (Phi) is 5.74. The van der Waals surface area contributed by atoms with Crippen molar-refractivity contribution in [2.45, 2.75) is 19.4 Å². The van der Waals surface area contributed by atoms with Crippen LogP contribution in [-0.2, 0) is 11.3 Å². The maximum atomic E-state index is 12.9. The Bertz CT molecular complexity index is 816. The summed E-state index contributed by atoms with van der Waals surface area (Å²) in [5.41, 5.74) is 2.06. The van der Waals surface area contributed by atoms with E-state index in [-0.39, 0.29) is 17.7 Å². The van der Waals surface area contributed by atoms with E-state index in [1.54, 1.807) is 29.2 Å². The van der Waals surface area contributed by atoms with E-state index in [1.165, 1.54) is 0 Å². The summed E-state index contributed by atoms with van der Waals surface area (Å²) in [4.78, 5) is 26.5. The molecule has 0 aliphatic heterocycles. The molecule has 3 rings (SSSR count). The van der Waals surface area contributed by atoms with E-state index in [1.807, 2.05) is 30.3 Å². The molecule has 0 unspecified atom stereocenters. The lowest BCUT2D eigenvalue weighted by Crippen LogP contribution is -2.31. The lowest BCUT2D eigenvalue weighted by Gasteiger charge is -2.22. The molecule has 0 atom stereocenters. The average Bonchev–Trinajstić information content (AvgIpc) is 3.47. The Balaban J connectivity index is 1.75. The van der Waals surface area contributed by atoms with Gasteiger partial charge in [0, 0.05) is 24.7 Å². The lowest BCUT2D eigenvalue weighted by molar-refractivity contribution is -0.117. The fraction of sp³-hybridized carbons (Fsp3) is 0.238. The van der Waals surface area contributed by atoms with Crippen LogP contribution >= 0.6 is 11.6 Å². The topological polar surface area (TPSA) is 49.4 Å². The first-order chi connectivity index (χ1) is 12.6. The van der Waals surface area contributed by atoms with Gasteiger partial charge in [-0.15, -0.1) is 6.58 Å². The quantitative estimate of drug-likeness (QED) is 0.730. The number of nitrogens with one attached hydrogen (secondary N) is 1. The third kappa shape index (κ3) is 4.52. The third-order valence-electron chi connectivity index (χ3n) is 4.27. The number of hydrogen-bond donors (Lipinski definition) is 1. The molecule has 0 aromatic heterocycles. The maximum Gasteiger partial charge on any atom is 0.255 e. The first-order valence-electron chi connectivity index (χ1n) is 8.63. The molecule has 4 nitrogen and oxygen atoms in total. The van der Waals surface area contributed by atoms with Crippen molar-refractivity contribution in [2.75, 3.05) is 11.9 Å². The second-order valence-electron chi connectivity index (χ2n) is 6.42. The van der Waals surface area contributed by atoms with Gasteiger partial charge < -0.3 is 10.2 Å². The van der Waals surface area contributed by atoms with Crippen LogP contribution in [0.3, 0.4) is 0 Å². The predicted molar refractivity (Wildman–Crippen MR) is 104 cm³/mol. The fourth-order valence-electron chi connectivity index (χ4n) is 2.71. The highest BCUT2D eigenvalue weighted by Gasteiger charge is 2.29. The molecule has 1 saturated carbocycles. The normalized spacial score (nSPS) is 13.1. The van der Waals surface area contributed by atoms with Gasteiger partial charge in [-0.05, 0) is 36.6 Å². The van der Waals surface area contributed by atoms with E-state index in [9.17, 15) is 9.59 Å². The van der Waals surface area contributed by atoms with Crippen molar-refractivity contribution >= 4 is 29.1 Å². The van der Waals surface area contributed by atoms with Crippen LogP contribution < -0.4 is 5.32 Å². The van der Waals surface area contributed by atoms with Crippen molar-refractivity contribution in [3.8, 4) is 0 Å². The van der Waals surface area contributed by atoms with Crippen LogP contribution in [0.4, 0.5) is 5.69 Å². The summed E-state index contributed by atoms with van der Waals surface area (Å²) in [6.07, 6.45) is 3.57. The van der Waals surface area contributed by atoms with E-state index in [4.69, 9.17) is 11.6 Å². The summed E-state index contributed by atoms with van der Waals surface area (Å²) in [6.45, 7) is 4.63. The van der Waals surface area contributed by atoms with Gasteiger partial charge in [-0.3, -0.25) is 9.59 Å². The third-order valence-corrected chi connectivity index (χ3v) is 4.58. The van der Waals surface area contributed by atoms with Crippen LogP contribution in [0.2, 0.25) is 5.02 Å². The van der Waals surface area contributed by atoms with Crippen LogP contribution in [0, 0.1) is 5.92 Å². The van der Waals surface area contributed by atoms with Gasteiger partial charge in [0.15, 0.2) is 0 Å². The minimum Gasteiger partial charge on any atom is -0.331 e. The summed E-state index contributed by atoms with van der Waals surface area (Å²) in [5, 5.41) is 3.17. The summed E-state index contributed by atoms with van der Waals surface area (Å²) >= 11 is 6.33. The molecular weight excluding hydrogens is 348 g/mol. The zero-order chi connectivity index (χ0) is 18.5. The molecule has 2 aromatic carbocycles. The predicted octanol–water partition coefficient (Wildman–Crippen LogP) is 4.52. The molecule has 0 bridgehead atoms. The van der Waals surface area contributed by atoms with Gasteiger partial charge in [0.1, 0.15) is 0 Å². The van der Waals surface area contributed by atoms with Gasteiger partial charge in [-0.2, -0.15) is 0 Å². The number of hydrogen-bond acceptors (Lipinski definition) is 2. The highest BCUT2D eigenvalue weighted by molar-refractivity contribution is 6.34. The minimum absolute atomic E-state index is 0.0116. The molecule has 26 heavy (non-hydrogen) atoms. The fourth-order valence-corrected chi connectivity index (χ4v) is 2.97. The SMILES string of the molecule is C=CCN(Cc1ccccc1)C(=O)c1ccc(NC(=O)C2CC2)cc1Cl. The van der Waals surface area contributed by atoms with Crippen molar-refractivity contribution in [2.24, 2.45) is 5.92 Å². The summed E-state index contributed by atoms with van der Waals surface area (Å²) < 4.78 is 0. The molecule has 134 valence electrons. The van der Waals surface area contributed by atoms with Gasteiger partial charge >= 0.3 is 0 Å². The highest BCUT2D eigenvalue weighted by atomic mass is 35.5. The van der Waals surface area contributed by atoms with E-state index < -0.39 is 0 Å². The Morgan fingerprint density at radius 2 is 1.92 bits per heavy atom. The summed E-state index contributed by atoms with van der Waals surface area (Å²) in [6, 6.07) is 14.8. The van der Waals surface area contributed by atoms with Gasteiger partial charge in [-0.25, -0.2) is 0 Å². The van der Waals surface area contributed by atoms with Gasteiger partial charge in [-0.1, -0.05) is 48.0 Å². The number of nitrogens with zero attached hydrogens (tertiary/aromatic N) is 1. The summed E-state index contributed by atoms with van der Waals surface area (Å²) in [7, 11) is 0. The molecule has 1 N–H and O–H groups in total. The number of rotatable bonds is 7. The largest absolute Gasteiger partial charge is 0.331 e. The first-order valence-corrected chi connectivity index (χ1v) is 9.01. The van der Waals surface area contributed by atoms with Crippen LogP contribution in [0.5, 0.6) is 0 Å². The Hall–Kier alpha value is -2.59. The van der Waals surface area contributed by atoms with Crippen molar-refractivity contribution in [1.29, 1.82) is 0 Å². The molecule has 1 aliphatic rings. The molecule has 0 saturated heterocycles. The molecule has 2 amide bonds. The van der Waals surface area contributed by atoms with Gasteiger partial charge in [0.25, 0.3) is 5.91 Å². The van der Waals surface area contributed by atoms with Gasteiger partial charge in [0.2, 0.25) is 5.91 Å². The average molecular weight is 369 g/mol. The molecule has 0 spiro atoms. The standard InChI is InChI=1S/C21H21ClN2O2/c1-2-12-24(14-15-6-4-3-5-7-15)21(26)18-11-10-17(13-19(18)22)23-20(25)16-8-9-16/h2-7,10-11,13,16H,1,8-9,12,14H2,(H,23,25). The van der Waals surface area contributed by atoms with E-state index in [0.717, 1.165) is 18.4 Å². The number of anilines is 1. The van der Waals surface area contributed by atoms with Crippen molar-refractivity contribution in [1.82, 2.24) is 4.90 Å². The molecule has 1 aliphatic carbocycles. The second kappa shape index (κ2) is 8.19. The van der Waals surface area contributed by atoms with E-state index >= 15 is 0 Å². The van der Waals surface area contributed by atoms with Crippen LogP contribution in [0.15, 0.2) is 61.2 Å². The van der Waals surface area contributed by atoms with Crippen molar-refractivity contribution < 1.29 is 9.59 Å². The Morgan fingerprint density at radius 1 is 1.19 bits per heavy atom. The zero-order valence-corrected chi connectivity index (χ0v) is 15.2.